The first-order chi connectivity index (χ1) is 12.8. The van der Waals surface area contributed by atoms with Gasteiger partial charge in [0.05, 0.1) is 11.5 Å². The average molecular weight is 420 g/mol. The summed E-state index contributed by atoms with van der Waals surface area (Å²) in [5, 5.41) is 2.71. The van der Waals surface area contributed by atoms with E-state index in [1.54, 1.807) is 7.05 Å². The number of rotatable bonds is 4. The van der Waals surface area contributed by atoms with Crippen molar-refractivity contribution in [1.82, 2.24) is 10.2 Å². The van der Waals surface area contributed by atoms with Crippen molar-refractivity contribution >= 4 is 24.0 Å². The molecule has 1 aliphatic carbocycles. The number of halogens is 4. The van der Waals surface area contributed by atoms with E-state index in [9.17, 15) is 18.0 Å². The molecule has 3 N–H and O–H groups in total. The van der Waals surface area contributed by atoms with Gasteiger partial charge in [0.1, 0.15) is 0 Å². The van der Waals surface area contributed by atoms with Crippen molar-refractivity contribution in [2.75, 3.05) is 25.9 Å². The highest BCUT2D eigenvalue weighted by molar-refractivity contribution is 5.86. The summed E-state index contributed by atoms with van der Waals surface area (Å²) >= 11 is 0. The van der Waals surface area contributed by atoms with Gasteiger partial charge in [-0.05, 0) is 62.4 Å². The van der Waals surface area contributed by atoms with Crippen LogP contribution in [0.1, 0.15) is 55.6 Å². The molecular weight excluding hydrogens is 391 g/mol. The summed E-state index contributed by atoms with van der Waals surface area (Å²) in [5.41, 5.74) is 5.80. The molecule has 0 spiro atoms. The first kappa shape index (κ1) is 22.8. The van der Waals surface area contributed by atoms with Gasteiger partial charge in [0.25, 0.3) is 0 Å². The van der Waals surface area contributed by atoms with Crippen LogP contribution in [0.25, 0.3) is 0 Å². The number of hydrogen-bond donors (Lipinski definition) is 2. The molecule has 1 aliphatic heterocycles. The lowest BCUT2D eigenvalue weighted by Crippen LogP contribution is -2.46. The van der Waals surface area contributed by atoms with Crippen LogP contribution in [-0.2, 0) is 11.0 Å². The summed E-state index contributed by atoms with van der Waals surface area (Å²) in [7, 11) is 1.57. The van der Waals surface area contributed by atoms with Gasteiger partial charge in [-0.15, -0.1) is 12.4 Å². The zero-order valence-corrected chi connectivity index (χ0v) is 16.9. The molecule has 0 bridgehead atoms. The lowest BCUT2D eigenvalue weighted by atomic mass is 9.72. The Balaban J connectivity index is 0.00000280. The second-order valence-electron chi connectivity index (χ2n) is 7.69. The molecule has 3 atom stereocenters. The summed E-state index contributed by atoms with van der Waals surface area (Å²) < 4.78 is 39.0. The molecule has 2 fully saturated rings. The number of hydrogen-bond acceptors (Lipinski definition) is 3. The van der Waals surface area contributed by atoms with Crippen molar-refractivity contribution in [2.24, 2.45) is 5.92 Å². The minimum atomic E-state index is -4.45. The zero-order valence-electron chi connectivity index (χ0n) is 16.1. The zero-order chi connectivity index (χ0) is 19.6. The van der Waals surface area contributed by atoms with Crippen molar-refractivity contribution in [3.63, 3.8) is 0 Å². The van der Waals surface area contributed by atoms with Crippen LogP contribution in [0.15, 0.2) is 18.2 Å². The van der Waals surface area contributed by atoms with E-state index in [1.165, 1.54) is 6.07 Å². The Bertz CT molecular complexity index is 677. The second-order valence-corrected chi connectivity index (χ2v) is 7.69. The lowest BCUT2D eigenvalue weighted by Gasteiger charge is -2.41. The third-order valence-corrected chi connectivity index (χ3v) is 6.10. The topological polar surface area (TPSA) is 58.4 Å². The molecule has 1 saturated carbocycles. The van der Waals surface area contributed by atoms with Crippen molar-refractivity contribution in [2.45, 2.75) is 56.7 Å². The summed E-state index contributed by atoms with van der Waals surface area (Å²) in [6.07, 6.45) is 1.95. The third kappa shape index (κ3) is 4.74. The number of nitrogen functional groups attached to an aromatic ring is 1. The van der Waals surface area contributed by atoms with Gasteiger partial charge in [-0.25, -0.2) is 0 Å². The fraction of sp³-hybridized carbons (Fsp3) is 0.650. The number of alkyl halides is 3. The van der Waals surface area contributed by atoms with E-state index >= 15 is 0 Å². The molecule has 1 saturated heterocycles. The largest absolute Gasteiger partial charge is 0.416 e. The predicted molar refractivity (Wildman–Crippen MR) is 106 cm³/mol. The molecule has 1 heterocycles. The molecule has 2 aliphatic rings. The first-order valence-corrected chi connectivity index (χ1v) is 9.75. The number of carbonyl (C=O) groups excluding carboxylic acids is 1. The van der Waals surface area contributed by atoms with Gasteiger partial charge >= 0.3 is 6.18 Å². The molecule has 1 aromatic carbocycles. The van der Waals surface area contributed by atoms with E-state index in [4.69, 9.17) is 5.73 Å². The smallest absolute Gasteiger partial charge is 0.398 e. The van der Waals surface area contributed by atoms with Crippen LogP contribution in [0.3, 0.4) is 0 Å². The third-order valence-electron chi connectivity index (χ3n) is 6.10. The number of anilines is 1. The highest BCUT2D eigenvalue weighted by Crippen LogP contribution is 2.42. The summed E-state index contributed by atoms with van der Waals surface area (Å²) in [6, 6.07) is 3.67. The molecule has 28 heavy (non-hydrogen) atoms. The minimum absolute atomic E-state index is 0. The van der Waals surface area contributed by atoms with Crippen molar-refractivity contribution in [3.05, 3.63) is 29.3 Å². The number of nitrogens with zero attached hydrogens (tertiary/aromatic N) is 1. The normalized spacial score (nSPS) is 24.4. The SMILES string of the molecule is CNC(=O)C(c1ccc(C(F)(F)F)cc1N)[C@@H]1CCCC[C@H]1N1CCCC1.Cl. The summed E-state index contributed by atoms with van der Waals surface area (Å²) in [4.78, 5) is 15.3. The minimum Gasteiger partial charge on any atom is -0.398 e. The fourth-order valence-corrected chi connectivity index (χ4v) is 4.81. The molecule has 4 nitrogen and oxygen atoms in total. The van der Waals surface area contributed by atoms with Crippen LogP contribution in [0.4, 0.5) is 18.9 Å². The Kier molecular flexibility index (Phi) is 7.62. The van der Waals surface area contributed by atoms with Gasteiger partial charge in [0, 0.05) is 18.8 Å². The highest BCUT2D eigenvalue weighted by atomic mass is 35.5. The van der Waals surface area contributed by atoms with Gasteiger partial charge in [-0.2, -0.15) is 13.2 Å². The van der Waals surface area contributed by atoms with Crippen molar-refractivity contribution < 1.29 is 18.0 Å². The standard InChI is InChI=1S/C20H28F3N3O.ClH/c1-25-19(27)18(14-9-8-13(12-16(14)24)20(21,22)23)15-6-2-3-7-17(15)26-10-4-5-11-26;/h8-9,12,15,17-18H,2-7,10-11,24H2,1H3,(H,25,27);1H/t15-,17-,18?;/m1./s1. The van der Waals surface area contributed by atoms with E-state index in [2.05, 4.69) is 10.2 Å². The van der Waals surface area contributed by atoms with Gasteiger partial charge < -0.3 is 16.0 Å². The maximum atomic E-state index is 13.0. The quantitative estimate of drug-likeness (QED) is 0.719. The maximum Gasteiger partial charge on any atom is 0.416 e. The second kappa shape index (κ2) is 9.35. The Morgan fingerprint density at radius 1 is 1.18 bits per heavy atom. The fourth-order valence-electron chi connectivity index (χ4n) is 4.81. The molecule has 8 heteroatoms. The molecular formula is C20H29ClF3N3O. The molecule has 1 aromatic rings. The van der Waals surface area contributed by atoms with E-state index < -0.39 is 17.7 Å². The highest BCUT2D eigenvalue weighted by Gasteiger charge is 2.41. The van der Waals surface area contributed by atoms with Crippen LogP contribution in [0.2, 0.25) is 0 Å². The van der Waals surface area contributed by atoms with Gasteiger partial charge in [-0.1, -0.05) is 18.9 Å². The number of likely N-dealkylation sites (tertiary alicyclic amines) is 1. The molecule has 0 aromatic heterocycles. The van der Waals surface area contributed by atoms with Gasteiger partial charge in [-0.3, -0.25) is 4.79 Å². The Hall–Kier alpha value is -1.47. The van der Waals surface area contributed by atoms with E-state index in [-0.39, 0.29) is 36.0 Å². The summed E-state index contributed by atoms with van der Waals surface area (Å²) in [5.74, 6) is -0.628. The average Bonchev–Trinajstić information content (AvgIpc) is 3.17. The molecule has 0 radical (unpaired) electrons. The number of likely N-dealkylation sites (N-methyl/N-ethyl adjacent to an activating group) is 1. The number of carbonyl (C=O) groups is 1. The van der Waals surface area contributed by atoms with Gasteiger partial charge in [0.2, 0.25) is 5.91 Å². The van der Waals surface area contributed by atoms with Crippen molar-refractivity contribution in [3.8, 4) is 0 Å². The molecule has 3 rings (SSSR count). The van der Waals surface area contributed by atoms with E-state index in [0.717, 1.165) is 63.7 Å². The van der Waals surface area contributed by atoms with Crippen LogP contribution in [0.5, 0.6) is 0 Å². The molecule has 158 valence electrons. The predicted octanol–water partition coefficient (Wildman–Crippen LogP) is 4.19. The van der Waals surface area contributed by atoms with Crippen LogP contribution in [0, 0.1) is 5.92 Å². The molecule has 1 unspecified atom stereocenters. The van der Waals surface area contributed by atoms with Crippen LogP contribution >= 0.6 is 12.4 Å². The number of nitrogens with one attached hydrogen (secondary N) is 1. The maximum absolute atomic E-state index is 13.0. The lowest BCUT2D eigenvalue weighted by molar-refractivity contribution is -0.137. The van der Waals surface area contributed by atoms with E-state index in [0.29, 0.717) is 5.56 Å². The van der Waals surface area contributed by atoms with Gasteiger partial charge in [0.15, 0.2) is 0 Å². The Labute approximate surface area is 170 Å². The summed E-state index contributed by atoms with van der Waals surface area (Å²) in [6.45, 7) is 2.06. The van der Waals surface area contributed by atoms with Crippen LogP contribution in [-0.4, -0.2) is 37.0 Å². The first-order valence-electron chi connectivity index (χ1n) is 9.75. The number of amides is 1. The molecule has 1 amide bonds. The number of benzene rings is 1. The van der Waals surface area contributed by atoms with Crippen LogP contribution < -0.4 is 11.1 Å². The van der Waals surface area contributed by atoms with Crippen molar-refractivity contribution in [1.29, 1.82) is 0 Å². The Morgan fingerprint density at radius 2 is 1.82 bits per heavy atom. The van der Waals surface area contributed by atoms with E-state index in [1.807, 2.05) is 0 Å². The Morgan fingerprint density at radius 3 is 2.39 bits per heavy atom. The number of nitrogens with two attached hydrogens (primary N) is 1. The monoisotopic (exact) mass is 419 g/mol.